The average Bonchev–Trinajstić information content (AvgIpc) is 3.28. The maximum absolute atomic E-state index is 13.9. The van der Waals surface area contributed by atoms with Crippen LogP contribution in [0.4, 0.5) is 13.2 Å². The van der Waals surface area contributed by atoms with E-state index in [0.29, 0.717) is 29.5 Å². The monoisotopic (exact) mass is 471 g/mol. The largest absolute Gasteiger partial charge is 0.503 e. The highest BCUT2D eigenvalue weighted by molar-refractivity contribution is 5.92. The number of halogens is 3. The van der Waals surface area contributed by atoms with Crippen LogP contribution >= 0.6 is 0 Å². The minimum absolute atomic E-state index is 0.0372. The van der Waals surface area contributed by atoms with Gasteiger partial charge in [-0.2, -0.15) is 5.10 Å². The molecule has 4 rings (SSSR count). The molecule has 0 aliphatic heterocycles. The van der Waals surface area contributed by atoms with E-state index in [9.17, 15) is 27.9 Å². The number of nitrogens with zero attached hydrogens (tertiary/aromatic N) is 2. The lowest BCUT2D eigenvalue weighted by Crippen LogP contribution is -2.34. The zero-order valence-corrected chi connectivity index (χ0v) is 18.6. The van der Waals surface area contributed by atoms with Gasteiger partial charge in [-0.3, -0.25) is 14.3 Å². The maximum atomic E-state index is 13.9. The van der Waals surface area contributed by atoms with Crippen molar-refractivity contribution in [3.05, 3.63) is 92.7 Å². The number of nitrogens with one attached hydrogen (secondary N) is 1. The molecule has 1 saturated carbocycles. The Kier molecular flexibility index (Phi) is 6.45. The molecule has 0 bridgehead atoms. The van der Waals surface area contributed by atoms with Gasteiger partial charge in [0.15, 0.2) is 23.1 Å². The van der Waals surface area contributed by atoms with Gasteiger partial charge in [-0.25, -0.2) is 13.2 Å². The highest BCUT2D eigenvalue weighted by atomic mass is 19.2. The number of hydrogen-bond donors (Lipinski definition) is 2. The Bertz CT molecular complexity index is 1300. The SMILES string of the molecule is Cc1cc(CNC(=O)c2nn(CC3(c4ccc(F)c(F)c4)CCCC3)cc(O)c2=O)ccc1F. The van der Waals surface area contributed by atoms with Crippen molar-refractivity contribution in [2.45, 2.75) is 51.1 Å². The molecule has 2 N–H and O–H groups in total. The summed E-state index contributed by atoms with van der Waals surface area (Å²) in [7, 11) is 0. The fraction of sp³-hybridized carbons (Fsp3) is 0.320. The molecule has 0 radical (unpaired) electrons. The van der Waals surface area contributed by atoms with E-state index in [0.717, 1.165) is 25.1 Å². The molecular formula is C25H24F3N3O3. The van der Waals surface area contributed by atoms with Crippen LogP contribution in [-0.2, 0) is 18.5 Å². The Morgan fingerprint density at radius 1 is 1.09 bits per heavy atom. The zero-order valence-electron chi connectivity index (χ0n) is 18.6. The van der Waals surface area contributed by atoms with Crippen LogP contribution in [0.25, 0.3) is 0 Å². The predicted molar refractivity (Wildman–Crippen MR) is 119 cm³/mol. The molecule has 0 unspecified atom stereocenters. The van der Waals surface area contributed by atoms with Crippen molar-refractivity contribution in [1.29, 1.82) is 0 Å². The van der Waals surface area contributed by atoms with Gasteiger partial charge in [-0.05, 0) is 54.7 Å². The maximum Gasteiger partial charge on any atom is 0.276 e. The van der Waals surface area contributed by atoms with Crippen LogP contribution < -0.4 is 10.7 Å². The first-order chi connectivity index (χ1) is 16.2. The Morgan fingerprint density at radius 2 is 1.79 bits per heavy atom. The third-order valence-electron chi connectivity index (χ3n) is 6.40. The minimum atomic E-state index is -0.949. The second kappa shape index (κ2) is 9.32. The lowest BCUT2D eigenvalue weighted by atomic mass is 9.78. The summed E-state index contributed by atoms with van der Waals surface area (Å²) in [6, 6.07) is 8.16. The van der Waals surface area contributed by atoms with Gasteiger partial charge in [0.2, 0.25) is 0 Å². The molecule has 1 aromatic heterocycles. The van der Waals surface area contributed by atoms with Gasteiger partial charge in [0, 0.05) is 12.0 Å². The first kappa shape index (κ1) is 23.5. The Morgan fingerprint density at radius 3 is 2.47 bits per heavy atom. The molecule has 1 aliphatic carbocycles. The van der Waals surface area contributed by atoms with Crippen LogP contribution in [0.3, 0.4) is 0 Å². The van der Waals surface area contributed by atoms with Crippen molar-refractivity contribution in [1.82, 2.24) is 15.1 Å². The molecule has 1 aliphatic rings. The molecule has 1 fully saturated rings. The van der Waals surface area contributed by atoms with Crippen molar-refractivity contribution in [3.63, 3.8) is 0 Å². The molecule has 1 amide bonds. The minimum Gasteiger partial charge on any atom is -0.503 e. The molecule has 2 aromatic carbocycles. The Balaban J connectivity index is 1.60. The van der Waals surface area contributed by atoms with Crippen LogP contribution in [0.15, 0.2) is 47.4 Å². The van der Waals surface area contributed by atoms with Gasteiger partial charge in [-0.1, -0.05) is 31.0 Å². The van der Waals surface area contributed by atoms with E-state index in [4.69, 9.17) is 0 Å². The summed E-state index contributed by atoms with van der Waals surface area (Å²) >= 11 is 0. The van der Waals surface area contributed by atoms with E-state index < -0.39 is 39.8 Å². The van der Waals surface area contributed by atoms with E-state index in [1.54, 1.807) is 13.0 Å². The summed E-state index contributed by atoms with van der Waals surface area (Å²) in [6.07, 6.45) is 4.24. The summed E-state index contributed by atoms with van der Waals surface area (Å²) in [4.78, 5) is 25.1. The number of aryl methyl sites for hydroxylation is 1. The number of carbonyl (C=O) groups is 1. The molecule has 1 heterocycles. The van der Waals surface area contributed by atoms with Gasteiger partial charge in [0.05, 0.1) is 12.7 Å². The normalized spacial score (nSPS) is 14.8. The smallest absolute Gasteiger partial charge is 0.276 e. The van der Waals surface area contributed by atoms with E-state index in [-0.39, 0.29) is 18.9 Å². The topological polar surface area (TPSA) is 84.2 Å². The van der Waals surface area contributed by atoms with Crippen molar-refractivity contribution in [2.24, 2.45) is 0 Å². The van der Waals surface area contributed by atoms with Gasteiger partial charge < -0.3 is 10.4 Å². The average molecular weight is 471 g/mol. The lowest BCUT2D eigenvalue weighted by Gasteiger charge is -2.30. The van der Waals surface area contributed by atoms with Crippen LogP contribution in [0.5, 0.6) is 5.75 Å². The third-order valence-corrected chi connectivity index (χ3v) is 6.40. The molecule has 0 saturated heterocycles. The predicted octanol–water partition coefficient (Wildman–Crippen LogP) is 4.12. The summed E-state index contributed by atoms with van der Waals surface area (Å²) in [6.45, 7) is 1.81. The van der Waals surface area contributed by atoms with E-state index in [1.165, 1.54) is 28.9 Å². The van der Waals surface area contributed by atoms with Crippen molar-refractivity contribution < 1.29 is 23.1 Å². The lowest BCUT2D eigenvalue weighted by molar-refractivity contribution is 0.0940. The van der Waals surface area contributed by atoms with Crippen LogP contribution in [0, 0.1) is 24.4 Å². The number of benzene rings is 2. The fourth-order valence-electron chi connectivity index (χ4n) is 4.56. The first-order valence-electron chi connectivity index (χ1n) is 11.0. The summed E-state index contributed by atoms with van der Waals surface area (Å²) in [5.74, 6) is -3.68. The number of aromatic hydroxyl groups is 1. The molecule has 0 spiro atoms. The van der Waals surface area contributed by atoms with Gasteiger partial charge in [0.1, 0.15) is 5.82 Å². The third kappa shape index (κ3) is 4.69. The highest BCUT2D eigenvalue weighted by Crippen LogP contribution is 2.42. The molecular weight excluding hydrogens is 447 g/mol. The second-order valence-corrected chi connectivity index (χ2v) is 8.77. The summed E-state index contributed by atoms with van der Waals surface area (Å²) < 4.78 is 42.2. The molecule has 34 heavy (non-hydrogen) atoms. The van der Waals surface area contributed by atoms with Crippen molar-refractivity contribution >= 4 is 5.91 Å². The molecule has 6 nitrogen and oxygen atoms in total. The quantitative estimate of drug-likeness (QED) is 0.567. The Labute approximate surface area is 194 Å². The number of rotatable bonds is 6. The summed E-state index contributed by atoms with van der Waals surface area (Å²) in [5.41, 5.74) is -0.335. The van der Waals surface area contributed by atoms with Gasteiger partial charge >= 0.3 is 0 Å². The number of carbonyl (C=O) groups excluding carboxylic acids is 1. The molecule has 0 atom stereocenters. The van der Waals surface area contributed by atoms with Crippen LogP contribution in [0.2, 0.25) is 0 Å². The van der Waals surface area contributed by atoms with E-state index in [1.807, 2.05) is 0 Å². The highest BCUT2D eigenvalue weighted by Gasteiger charge is 2.37. The second-order valence-electron chi connectivity index (χ2n) is 8.77. The van der Waals surface area contributed by atoms with Crippen LogP contribution in [-0.4, -0.2) is 20.8 Å². The fourth-order valence-corrected chi connectivity index (χ4v) is 4.56. The van der Waals surface area contributed by atoms with E-state index >= 15 is 0 Å². The molecule has 178 valence electrons. The standard InChI is InChI=1S/C25H24F3N3O3/c1-15-10-16(4-6-18(15)26)12-29-24(34)22-23(33)21(32)13-31(30-22)14-25(8-2-3-9-25)17-5-7-19(27)20(28)11-17/h4-7,10-11,13,32H,2-3,8-9,12,14H2,1H3,(H,29,34). The number of hydrogen-bond acceptors (Lipinski definition) is 4. The van der Waals surface area contributed by atoms with Crippen molar-refractivity contribution in [2.75, 3.05) is 0 Å². The van der Waals surface area contributed by atoms with Crippen LogP contribution in [0.1, 0.15) is 52.9 Å². The number of amides is 1. The van der Waals surface area contributed by atoms with E-state index in [2.05, 4.69) is 10.4 Å². The van der Waals surface area contributed by atoms with Crippen molar-refractivity contribution in [3.8, 4) is 5.75 Å². The first-order valence-corrected chi connectivity index (χ1v) is 11.0. The molecule has 3 aromatic rings. The van der Waals surface area contributed by atoms with Gasteiger partial charge in [-0.15, -0.1) is 0 Å². The number of aromatic nitrogens is 2. The Hall–Kier alpha value is -3.62. The molecule has 9 heteroatoms. The van der Waals surface area contributed by atoms with Gasteiger partial charge in [0.25, 0.3) is 11.3 Å². The zero-order chi connectivity index (χ0) is 24.5. The summed E-state index contributed by atoms with van der Waals surface area (Å²) in [5, 5.41) is 16.9.